The lowest BCUT2D eigenvalue weighted by molar-refractivity contribution is -0.141. The molecule has 0 aliphatic carbocycles. The molecule has 1 aliphatic heterocycles. The minimum Gasteiger partial charge on any atom is -0.481 e. The zero-order valence-electron chi connectivity index (χ0n) is 15.3. The second-order valence-electron chi connectivity index (χ2n) is 6.88. The molecule has 0 radical (unpaired) electrons. The summed E-state index contributed by atoms with van der Waals surface area (Å²) in [6.45, 7) is 5.48. The second-order valence-corrected chi connectivity index (χ2v) is 8.77. The topological polar surface area (TPSA) is 104 Å². The van der Waals surface area contributed by atoms with Crippen LogP contribution in [-0.2, 0) is 14.8 Å². The average molecular weight is 382 g/mol. The Hall–Kier alpha value is -1.93. The fourth-order valence-corrected chi connectivity index (χ4v) is 4.74. The van der Waals surface area contributed by atoms with Gasteiger partial charge in [0.2, 0.25) is 10.0 Å². The average Bonchev–Trinajstić information content (AvgIpc) is 2.61. The summed E-state index contributed by atoms with van der Waals surface area (Å²) in [5, 5.41) is 11.6. The molecule has 1 fully saturated rings. The number of sulfonamides is 1. The highest BCUT2D eigenvalue weighted by Crippen LogP contribution is 2.25. The van der Waals surface area contributed by atoms with E-state index in [1.165, 1.54) is 35.5 Å². The number of aliphatic carboxylic acids is 1. The largest absolute Gasteiger partial charge is 0.481 e. The van der Waals surface area contributed by atoms with Crippen LogP contribution in [0.5, 0.6) is 0 Å². The highest BCUT2D eigenvalue weighted by atomic mass is 32.2. The van der Waals surface area contributed by atoms with Gasteiger partial charge in [-0.15, -0.1) is 0 Å². The lowest BCUT2D eigenvalue weighted by Crippen LogP contribution is -2.42. The number of hydrogen-bond acceptors (Lipinski definition) is 4. The van der Waals surface area contributed by atoms with Gasteiger partial charge in [-0.2, -0.15) is 4.31 Å². The number of nitrogens with zero attached hydrogens (tertiary/aromatic N) is 1. The van der Waals surface area contributed by atoms with E-state index < -0.39 is 33.9 Å². The maximum Gasteiger partial charge on any atom is 0.308 e. The Morgan fingerprint density at radius 2 is 1.96 bits per heavy atom. The lowest BCUT2D eigenvalue weighted by atomic mass is 10.0. The summed E-state index contributed by atoms with van der Waals surface area (Å²) in [7, 11) is -3.67. The molecule has 7 nitrogen and oxygen atoms in total. The van der Waals surface area contributed by atoms with E-state index in [-0.39, 0.29) is 16.5 Å². The van der Waals surface area contributed by atoms with E-state index in [0.717, 1.165) is 19.3 Å². The molecule has 1 saturated heterocycles. The van der Waals surface area contributed by atoms with Crippen LogP contribution in [0, 0.1) is 5.92 Å². The first-order valence-corrected chi connectivity index (χ1v) is 10.2. The molecule has 2 rings (SSSR count). The van der Waals surface area contributed by atoms with Crippen LogP contribution in [-0.4, -0.2) is 48.3 Å². The van der Waals surface area contributed by atoms with Gasteiger partial charge in [-0.25, -0.2) is 8.42 Å². The number of carbonyl (C=O) groups excluding carboxylic acids is 1. The number of carboxylic acid groups (broad SMARTS) is 1. The van der Waals surface area contributed by atoms with Crippen LogP contribution in [0.15, 0.2) is 29.2 Å². The van der Waals surface area contributed by atoms with Crippen molar-refractivity contribution in [3.63, 3.8) is 0 Å². The first-order valence-electron chi connectivity index (χ1n) is 8.80. The molecule has 1 heterocycles. The maximum absolute atomic E-state index is 12.9. The van der Waals surface area contributed by atoms with Gasteiger partial charge in [-0.1, -0.05) is 12.5 Å². The highest BCUT2D eigenvalue weighted by molar-refractivity contribution is 7.89. The Balaban J connectivity index is 2.21. The molecule has 0 spiro atoms. The van der Waals surface area contributed by atoms with Gasteiger partial charge in [0.1, 0.15) is 0 Å². The van der Waals surface area contributed by atoms with Crippen LogP contribution in [0.25, 0.3) is 0 Å². The second kappa shape index (κ2) is 8.18. The molecule has 1 amide bonds. The predicted molar refractivity (Wildman–Crippen MR) is 97.4 cm³/mol. The number of nitrogens with one attached hydrogen (secondary N) is 1. The van der Waals surface area contributed by atoms with Crippen LogP contribution in [0.3, 0.4) is 0 Å². The van der Waals surface area contributed by atoms with Gasteiger partial charge in [0.25, 0.3) is 5.91 Å². The van der Waals surface area contributed by atoms with Crippen molar-refractivity contribution in [2.24, 2.45) is 5.92 Å². The standard InChI is InChI=1S/C18H26N2O5S/c1-12-7-4-5-10-20(12)26(24,25)16-9-6-8-15(11-16)17(21)19-14(3)13(2)18(22)23/h6,8-9,11-14H,4-5,7,10H2,1-3H3,(H,19,21)(H,22,23). The van der Waals surface area contributed by atoms with E-state index in [1.54, 1.807) is 6.92 Å². The van der Waals surface area contributed by atoms with Crippen LogP contribution < -0.4 is 5.32 Å². The first-order chi connectivity index (χ1) is 12.1. The third-order valence-corrected chi connectivity index (χ3v) is 6.95. The Morgan fingerprint density at radius 3 is 2.58 bits per heavy atom. The van der Waals surface area contributed by atoms with Crippen molar-refractivity contribution in [1.82, 2.24) is 9.62 Å². The van der Waals surface area contributed by atoms with E-state index in [1.807, 2.05) is 6.92 Å². The summed E-state index contributed by atoms with van der Waals surface area (Å²) in [6, 6.07) is 5.24. The monoisotopic (exact) mass is 382 g/mol. The predicted octanol–water partition coefficient (Wildman–Crippen LogP) is 2.09. The molecule has 0 aromatic heterocycles. The molecular weight excluding hydrogens is 356 g/mol. The van der Waals surface area contributed by atoms with E-state index in [0.29, 0.717) is 6.54 Å². The van der Waals surface area contributed by atoms with Crippen LogP contribution >= 0.6 is 0 Å². The summed E-state index contributed by atoms with van der Waals surface area (Å²) >= 11 is 0. The van der Waals surface area contributed by atoms with Gasteiger partial charge >= 0.3 is 5.97 Å². The van der Waals surface area contributed by atoms with Crippen LogP contribution in [0.1, 0.15) is 50.4 Å². The van der Waals surface area contributed by atoms with Gasteiger partial charge < -0.3 is 10.4 Å². The van der Waals surface area contributed by atoms with Crippen molar-refractivity contribution in [1.29, 1.82) is 0 Å². The van der Waals surface area contributed by atoms with Gasteiger partial charge in [0.05, 0.1) is 10.8 Å². The number of benzene rings is 1. The molecular formula is C18H26N2O5S. The molecule has 3 atom stereocenters. The molecule has 1 aliphatic rings. The Bertz CT molecular complexity index is 778. The van der Waals surface area contributed by atoms with Crippen molar-refractivity contribution >= 4 is 21.9 Å². The number of rotatable bonds is 6. The molecule has 0 saturated carbocycles. The van der Waals surface area contributed by atoms with Gasteiger partial charge in [0.15, 0.2) is 0 Å². The Morgan fingerprint density at radius 1 is 1.27 bits per heavy atom. The van der Waals surface area contributed by atoms with Crippen molar-refractivity contribution in [3.05, 3.63) is 29.8 Å². The number of piperidine rings is 1. The fourth-order valence-electron chi connectivity index (χ4n) is 2.99. The molecule has 1 aromatic carbocycles. The number of carboxylic acids is 1. The SMILES string of the molecule is CC(NC(=O)c1cccc(S(=O)(=O)N2CCCCC2C)c1)C(C)C(=O)O. The fraction of sp³-hybridized carbons (Fsp3) is 0.556. The van der Waals surface area contributed by atoms with E-state index in [2.05, 4.69) is 5.32 Å². The molecule has 144 valence electrons. The minimum atomic E-state index is -3.67. The van der Waals surface area contributed by atoms with Crippen molar-refractivity contribution < 1.29 is 23.1 Å². The quantitative estimate of drug-likeness (QED) is 0.784. The number of carbonyl (C=O) groups is 2. The van der Waals surface area contributed by atoms with Gasteiger partial charge in [-0.3, -0.25) is 9.59 Å². The number of amides is 1. The molecule has 8 heteroatoms. The van der Waals surface area contributed by atoms with E-state index in [9.17, 15) is 18.0 Å². The third-order valence-electron chi connectivity index (χ3n) is 4.94. The van der Waals surface area contributed by atoms with Gasteiger partial charge in [-0.05, 0) is 51.8 Å². The summed E-state index contributed by atoms with van der Waals surface area (Å²) in [5.41, 5.74) is 0.195. The van der Waals surface area contributed by atoms with Crippen molar-refractivity contribution in [3.8, 4) is 0 Å². The minimum absolute atomic E-state index is 0.0670. The molecule has 0 bridgehead atoms. The molecule has 1 aromatic rings. The zero-order chi connectivity index (χ0) is 19.5. The summed E-state index contributed by atoms with van der Waals surface area (Å²) in [5.74, 6) is -2.25. The Labute approximate surface area is 154 Å². The lowest BCUT2D eigenvalue weighted by Gasteiger charge is -2.32. The molecule has 26 heavy (non-hydrogen) atoms. The molecule has 2 N–H and O–H groups in total. The third kappa shape index (κ3) is 4.42. The zero-order valence-corrected chi connectivity index (χ0v) is 16.1. The van der Waals surface area contributed by atoms with Crippen LogP contribution in [0.4, 0.5) is 0 Å². The summed E-state index contributed by atoms with van der Waals surface area (Å²) in [4.78, 5) is 23.5. The Kier molecular flexibility index (Phi) is 6.41. The summed E-state index contributed by atoms with van der Waals surface area (Å²) < 4.78 is 27.3. The number of hydrogen-bond donors (Lipinski definition) is 2. The maximum atomic E-state index is 12.9. The summed E-state index contributed by atoms with van der Waals surface area (Å²) in [6.07, 6.45) is 2.66. The van der Waals surface area contributed by atoms with Gasteiger partial charge in [0, 0.05) is 24.2 Å². The van der Waals surface area contributed by atoms with Crippen molar-refractivity contribution in [2.75, 3.05) is 6.54 Å². The van der Waals surface area contributed by atoms with E-state index in [4.69, 9.17) is 5.11 Å². The molecule has 3 unspecified atom stereocenters. The van der Waals surface area contributed by atoms with Crippen molar-refractivity contribution in [2.45, 2.75) is 57.0 Å². The normalized spacial score (nSPS) is 21.0. The van der Waals surface area contributed by atoms with E-state index >= 15 is 0 Å². The smallest absolute Gasteiger partial charge is 0.308 e. The highest BCUT2D eigenvalue weighted by Gasteiger charge is 2.31. The van der Waals surface area contributed by atoms with Crippen LogP contribution in [0.2, 0.25) is 0 Å². The first kappa shape index (κ1) is 20.4.